The van der Waals surface area contributed by atoms with Gasteiger partial charge in [0.25, 0.3) is 0 Å². The molecule has 6 heterocycles. The molecule has 0 spiro atoms. The van der Waals surface area contributed by atoms with Crippen molar-refractivity contribution >= 4 is 41.7 Å². The summed E-state index contributed by atoms with van der Waals surface area (Å²) in [6.45, 7) is 19.9. The minimum atomic E-state index is -2.54. The fourth-order valence-corrected chi connectivity index (χ4v) is 17.4. The van der Waals surface area contributed by atoms with E-state index in [1.807, 2.05) is 37.6 Å². The van der Waals surface area contributed by atoms with Gasteiger partial charge in [-0.15, -0.1) is 5.54 Å². The van der Waals surface area contributed by atoms with Crippen molar-refractivity contribution in [3.63, 3.8) is 0 Å². The normalized spacial score (nSPS) is 22.2. The average Bonchev–Trinajstić information content (AvgIpc) is 3.64. The van der Waals surface area contributed by atoms with Gasteiger partial charge < -0.3 is 28.7 Å². The maximum Gasteiger partial charge on any atom is 0.410 e. The van der Waals surface area contributed by atoms with Crippen LogP contribution in [-0.4, -0.2) is 116 Å². The number of methoxy groups -OCH3 is 1. The Balaban J connectivity index is 1.36. The number of piperidine rings is 1. The highest BCUT2D eigenvalue weighted by molar-refractivity contribution is 6.90. The van der Waals surface area contributed by atoms with Crippen LogP contribution in [0.4, 0.5) is 28.2 Å². The Morgan fingerprint density at radius 1 is 0.899 bits per heavy atom. The summed E-state index contributed by atoms with van der Waals surface area (Å²) in [6.07, 6.45) is 1.56. The lowest BCUT2D eigenvalue weighted by molar-refractivity contribution is -0.0142. The lowest BCUT2D eigenvalue weighted by atomic mass is 9.86. The highest BCUT2D eigenvalue weighted by Crippen LogP contribution is 2.46. The summed E-state index contributed by atoms with van der Waals surface area (Å²) in [4.78, 5) is 35.0. The summed E-state index contributed by atoms with van der Waals surface area (Å²) < 4.78 is 87.5. The first-order chi connectivity index (χ1) is 32.7. The van der Waals surface area contributed by atoms with Crippen LogP contribution in [0.15, 0.2) is 24.3 Å². The molecule has 69 heavy (non-hydrogen) atoms. The molecule has 0 saturated carbocycles. The number of carbonyl (C=O) groups is 1. The smallest absolute Gasteiger partial charge is 0.410 e. The number of benzene rings is 2. The molecule has 0 N–H and O–H groups in total. The van der Waals surface area contributed by atoms with Crippen LogP contribution in [0.5, 0.6) is 11.8 Å². The van der Waals surface area contributed by atoms with E-state index in [0.717, 1.165) is 19.3 Å². The van der Waals surface area contributed by atoms with Crippen molar-refractivity contribution in [1.82, 2.24) is 24.8 Å². The van der Waals surface area contributed by atoms with E-state index in [1.54, 1.807) is 18.2 Å². The fourth-order valence-electron chi connectivity index (χ4n) is 12.2. The lowest BCUT2D eigenvalue weighted by Crippen LogP contribution is -2.62. The molecule has 4 aliphatic rings. The Morgan fingerprint density at radius 2 is 1.64 bits per heavy atom. The number of alkyl halides is 2. The molecule has 3 fully saturated rings. The predicted octanol–water partition coefficient (Wildman–Crippen LogP) is 11.6. The van der Waals surface area contributed by atoms with Gasteiger partial charge in [-0.1, -0.05) is 60.0 Å². The number of likely N-dealkylation sites (tertiary alicyclic amines) is 1. The number of rotatable bonds is 11. The summed E-state index contributed by atoms with van der Waals surface area (Å²) in [5, 5.41) is 1.40. The van der Waals surface area contributed by atoms with Gasteiger partial charge in [0.2, 0.25) is 6.43 Å². The molecule has 16 heteroatoms. The van der Waals surface area contributed by atoms with Crippen molar-refractivity contribution in [2.45, 2.75) is 154 Å². The average molecular weight is 975 g/mol. The number of pyridine rings is 1. The van der Waals surface area contributed by atoms with E-state index in [4.69, 9.17) is 33.9 Å². The number of carbonyl (C=O) groups excluding carboxylic acids is 1. The van der Waals surface area contributed by atoms with Crippen LogP contribution < -0.4 is 14.4 Å². The monoisotopic (exact) mass is 975 g/mol. The third kappa shape index (κ3) is 9.85. The standard InChI is InChI=1S/C53H70F4N6O5Si/c1-30(2)69(31(3)4,32(5)6)23-21-38-40(54)18-16-33-24-36(67-29-65-11)25-39(44(33)38)47-46(55)48-45-41(58-47)14-12-13-15-42-43-19-17-35(63(43)52(64)68-53(7,8)9)27-62(42)50(45)60-51(59-48)66-28-34-26-61(10)22-20-37(34)49(56)57/h16,18,24-25,30-32,34-35,37,42-43,49H,12-15,17,19-20,22,26-29H2,1-11H3/t34-,35+,37-,42+,43-/m0/s1. The molecule has 4 aromatic rings. The number of nitrogens with zero attached hydrogens (tertiary/aromatic N) is 6. The summed E-state index contributed by atoms with van der Waals surface area (Å²) in [6, 6.07) is 5.72. The van der Waals surface area contributed by atoms with Crippen LogP contribution in [0.2, 0.25) is 16.6 Å². The maximum atomic E-state index is 18.4. The molecule has 0 radical (unpaired) electrons. The van der Waals surface area contributed by atoms with Gasteiger partial charge in [-0.05, 0) is 113 Å². The molecule has 3 saturated heterocycles. The zero-order valence-corrected chi connectivity index (χ0v) is 43.2. The first-order valence-corrected chi connectivity index (χ1v) is 27.2. The zero-order valence-electron chi connectivity index (χ0n) is 42.2. The first kappa shape index (κ1) is 50.7. The second kappa shape index (κ2) is 20.2. The summed E-state index contributed by atoms with van der Waals surface area (Å²) in [5.41, 5.74) is 4.73. The quantitative estimate of drug-likeness (QED) is 0.0625. The summed E-state index contributed by atoms with van der Waals surface area (Å²) in [7, 11) is 1.04. The summed E-state index contributed by atoms with van der Waals surface area (Å²) in [5.74, 6) is 1.43. The third-order valence-corrected chi connectivity index (χ3v) is 21.6. The minimum absolute atomic E-state index is 0.0463. The number of amides is 1. The topological polar surface area (TPSA) is 102 Å². The van der Waals surface area contributed by atoms with Gasteiger partial charge in [-0.25, -0.2) is 27.3 Å². The largest absolute Gasteiger partial charge is 0.468 e. The molecule has 11 nitrogen and oxygen atoms in total. The Hall–Kier alpha value is -4.72. The zero-order chi connectivity index (χ0) is 49.7. The fraction of sp³-hybridized carbons (Fsp3) is 0.623. The highest BCUT2D eigenvalue weighted by Gasteiger charge is 2.51. The van der Waals surface area contributed by atoms with Gasteiger partial charge in [0.1, 0.15) is 42.3 Å². The molecular formula is C53H70F4N6O5Si. The van der Waals surface area contributed by atoms with Gasteiger partial charge in [0.05, 0.1) is 41.4 Å². The molecule has 2 aromatic carbocycles. The second-order valence-corrected chi connectivity index (χ2v) is 27.3. The maximum absolute atomic E-state index is 18.4. The molecule has 374 valence electrons. The Labute approximate surface area is 406 Å². The van der Waals surface area contributed by atoms with Crippen molar-refractivity contribution in [3.05, 3.63) is 47.2 Å². The van der Waals surface area contributed by atoms with E-state index in [0.29, 0.717) is 78.7 Å². The SMILES string of the molecule is COCOc1cc(-c2nc3c4c(nc(OC[C@@H]5CN(C)CC[C@@H]5C(F)F)nc4c2F)N2C[C@H]4CC[C@@H]([C@H]2CCCC3)N4C(=O)OC(C)(C)C)c2c(C#C[Si](C(C)C)(C(C)C)C(C)C)c(F)ccc2c1. The number of halogens is 4. The Kier molecular flexibility index (Phi) is 14.8. The van der Waals surface area contributed by atoms with Crippen molar-refractivity contribution in [1.29, 1.82) is 0 Å². The van der Waals surface area contributed by atoms with Crippen LogP contribution in [-0.2, 0) is 15.9 Å². The number of aryl methyl sites for hydroxylation is 1. The molecule has 0 unspecified atom stereocenters. The number of fused-ring (bicyclic) bond motifs is 6. The molecule has 5 atom stereocenters. The van der Waals surface area contributed by atoms with E-state index in [-0.39, 0.29) is 82.6 Å². The van der Waals surface area contributed by atoms with E-state index < -0.39 is 43.6 Å². The second-order valence-electron chi connectivity index (χ2n) is 21.7. The summed E-state index contributed by atoms with van der Waals surface area (Å²) >= 11 is 0. The lowest BCUT2D eigenvalue weighted by Gasteiger charge is -2.47. The van der Waals surface area contributed by atoms with Gasteiger partial charge in [-0.3, -0.25) is 4.90 Å². The minimum Gasteiger partial charge on any atom is -0.468 e. The van der Waals surface area contributed by atoms with Crippen LogP contribution in [0.25, 0.3) is 32.9 Å². The van der Waals surface area contributed by atoms with Crippen LogP contribution in [0.1, 0.15) is 112 Å². The highest BCUT2D eigenvalue weighted by atomic mass is 28.3. The van der Waals surface area contributed by atoms with Crippen molar-refractivity contribution < 1.29 is 41.3 Å². The van der Waals surface area contributed by atoms with E-state index >= 15 is 8.78 Å². The first-order valence-electron chi connectivity index (χ1n) is 24.9. The molecule has 4 aliphatic heterocycles. The Bertz CT molecular complexity index is 2590. The van der Waals surface area contributed by atoms with Gasteiger partial charge in [-0.2, -0.15) is 9.97 Å². The number of ether oxygens (including phenoxy) is 4. The number of anilines is 1. The molecule has 1 amide bonds. The molecule has 8 rings (SSSR count). The van der Waals surface area contributed by atoms with Crippen LogP contribution in [0, 0.1) is 34.9 Å². The van der Waals surface area contributed by atoms with Gasteiger partial charge in [0, 0.05) is 43.0 Å². The van der Waals surface area contributed by atoms with Gasteiger partial charge >= 0.3 is 12.1 Å². The number of hydrogen-bond acceptors (Lipinski definition) is 10. The number of aromatic nitrogens is 3. The molecular weight excluding hydrogens is 905 g/mol. The molecule has 2 bridgehead atoms. The van der Waals surface area contributed by atoms with Crippen molar-refractivity contribution in [2.24, 2.45) is 11.8 Å². The molecule has 0 aliphatic carbocycles. The molecule has 2 aromatic heterocycles. The number of hydrogen-bond donors (Lipinski definition) is 0. The van der Waals surface area contributed by atoms with E-state index in [1.165, 1.54) is 13.2 Å². The van der Waals surface area contributed by atoms with E-state index in [9.17, 15) is 13.6 Å². The van der Waals surface area contributed by atoms with Crippen LogP contribution >= 0.6 is 0 Å². The Morgan fingerprint density at radius 3 is 2.32 bits per heavy atom. The third-order valence-electron chi connectivity index (χ3n) is 15.3. The van der Waals surface area contributed by atoms with Crippen molar-refractivity contribution in [3.8, 4) is 34.5 Å². The number of piperazine rings is 1. The van der Waals surface area contributed by atoms with Gasteiger partial charge in [0.15, 0.2) is 12.6 Å². The van der Waals surface area contributed by atoms with Crippen LogP contribution in [0.3, 0.4) is 0 Å². The van der Waals surface area contributed by atoms with E-state index in [2.05, 4.69) is 57.9 Å². The van der Waals surface area contributed by atoms with Crippen molar-refractivity contribution in [2.75, 3.05) is 52.1 Å². The predicted molar refractivity (Wildman–Crippen MR) is 265 cm³/mol.